The van der Waals surface area contributed by atoms with Crippen LogP contribution in [0.3, 0.4) is 0 Å². The fourth-order valence-electron chi connectivity index (χ4n) is 9.59. The summed E-state index contributed by atoms with van der Waals surface area (Å²) in [6.45, 7) is 0. The molecular formula is C49H32N2. The van der Waals surface area contributed by atoms with Crippen molar-refractivity contribution in [3.8, 4) is 22.5 Å². The van der Waals surface area contributed by atoms with Crippen LogP contribution in [0.5, 0.6) is 0 Å². The summed E-state index contributed by atoms with van der Waals surface area (Å²) in [4.78, 5) is 11.2. The first kappa shape index (κ1) is 28.5. The molecule has 0 amide bonds. The fraction of sp³-hybridized carbons (Fsp3) is 0.0612. The van der Waals surface area contributed by atoms with Gasteiger partial charge in [0.1, 0.15) is 5.82 Å². The number of rotatable bonds is 4. The van der Waals surface area contributed by atoms with Gasteiger partial charge in [0.05, 0.1) is 16.8 Å². The summed E-state index contributed by atoms with van der Waals surface area (Å²) < 4.78 is 0. The minimum Gasteiger partial charge on any atom is -0.232 e. The lowest BCUT2D eigenvalue weighted by atomic mass is 9.69. The van der Waals surface area contributed by atoms with Gasteiger partial charge >= 0.3 is 0 Å². The molecule has 0 saturated carbocycles. The molecule has 238 valence electrons. The zero-order valence-corrected chi connectivity index (χ0v) is 27.9. The van der Waals surface area contributed by atoms with Crippen molar-refractivity contribution in [2.45, 2.75) is 17.3 Å². The van der Waals surface area contributed by atoms with Gasteiger partial charge in [-0.1, -0.05) is 170 Å². The predicted octanol–water partition coefficient (Wildman–Crippen LogP) is 11.7. The quantitative estimate of drug-likeness (QED) is 0.178. The summed E-state index contributed by atoms with van der Waals surface area (Å²) in [5.41, 5.74) is 9.89. The smallest absolute Gasteiger partial charge is 0.144 e. The lowest BCUT2D eigenvalue weighted by Gasteiger charge is -2.33. The molecule has 2 bridgehead atoms. The van der Waals surface area contributed by atoms with Crippen LogP contribution in [-0.4, -0.2) is 9.97 Å². The average Bonchev–Trinajstić information content (AvgIpc) is 3.72. The van der Waals surface area contributed by atoms with Crippen molar-refractivity contribution >= 4 is 32.3 Å². The number of benzene rings is 8. The number of hydrogen-bond donors (Lipinski definition) is 0. The summed E-state index contributed by atoms with van der Waals surface area (Å²) in [7, 11) is 0. The van der Waals surface area contributed by atoms with Gasteiger partial charge in [-0.3, -0.25) is 0 Å². The second kappa shape index (κ2) is 10.6. The molecule has 0 fully saturated rings. The Morgan fingerprint density at radius 3 is 1.33 bits per heavy atom. The van der Waals surface area contributed by atoms with Crippen LogP contribution in [0, 0.1) is 0 Å². The number of nitrogens with zero attached hydrogens (tertiary/aromatic N) is 2. The molecule has 0 atom stereocenters. The van der Waals surface area contributed by atoms with Crippen LogP contribution in [0.1, 0.15) is 40.1 Å². The highest BCUT2D eigenvalue weighted by atomic mass is 14.9. The van der Waals surface area contributed by atoms with E-state index in [1.807, 2.05) is 0 Å². The van der Waals surface area contributed by atoms with Crippen molar-refractivity contribution in [3.63, 3.8) is 0 Å². The highest BCUT2D eigenvalue weighted by molar-refractivity contribution is 6.25. The van der Waals surface area contributed by atoms with E-state index in [0.717, 1.165) is 34.8 Å². The van der Waals surface area contributed by atoms with Crippen LogP contribution in [0.25, 0.3) is 54.8 Å². The molecule has 0 unspecified atom stereocenters. The largest absolute Gasteiger partial charge is 0.232 e. The average molecular weight is 649 g/mol. The van der Waals surface area contributed by atoms with E-state index in [2.05, 4.69) is 182 Å². The summed E-state index contributed by atoms with van der Waals surface area (Å²) in [5, 5.41) is 7.57. The summed E-state index contributed by atoms with van der Waals surface area (Å²) >= 11 is 0. The first-order valence-corrected chi connectivity index (χ1v) is 17.8. The molecule has 11 rings (SSSR count). The van der Waals surface area contributed by atoms with Gasteiger partial charge in [-0.05, 0) is 78.7 Å². The lowest BCUT2D eigenvalue weighted by Crippen LogP contribution is -2.29. The van der Waals surface area contributed by atoms with Gasteiger partial charge in [-0.15, -0.1) is 0 Å². The highest BCUT2D eigenvalue weighted by Crippen LogP contribution is 2.67. The van der Waals surface area contributed by atoms with Crippen LogP contribution < -0.4 is 0 Å². The Balaban J connectivity index is 1.21. The molecule has 0 N–H and O–H groups in total. The second-order valence-electron chi connectivity index (χ2n) is 14.1. The first-order valence-electron chi connectivity index (χ1n) is 17.8. The Morgan fingerprint density at radius 1 is 0.333 bits per heavy atom. The zero-order chi connectivity index (χ0) is 33.6. The van der Waals surface area contributed by atoms with Crippen molar-refractivity contribution in [1.82, 2.24) is 9.97 Å². The van der Waals surface area contributed by atoms with Crippen LogP contribution >= 0.6 is 0 Å². The van der Waals surface area contributed by atoms with Gasteiger partial charge in [-0.25, -0.2) is 9.97 Å². The fourth-order valence-corrected chi connectivity index (χ4v) is 9.59. The molecule has 0 saturated heterocycles. The normalized spacial score (nSPS) is 18.7. The van der Waals surface area contributed by atoms with Crippen molar-refractivity contribution < 1.29 is 0 Å². The Kier molecular flexibility index (Phi) is 5.89. The molecule has 1 heterocycles. The van der Waals surface area contributed by atoms with Gasteiger partial charge in [0, 0.05) is 16.5 Å². The van der Waals surface area contributed by atoms with Crippen molar-refractivity contribution in [3.05, 3.63) is 216 Å². The molecule has 1 aromatic heterocycles. The van der Waals surface area contributed by atoms with Crippen molar-refractivity contribution in [1.29, 1.82) is 0 Å². The van der Waals surface area contributed by atoms with E-state index in [1.165, 1.54) is 60.1 Å². The molecule has 0 spiro atoms. The zero-order valence-electron chi connectivity index (χ0n) is 27.9. The first-order chi connectivity index (χ1) is 25.3. The van der Waals surface area contributed by atoms with Gasteiger partial charge in [0.2, 0.25) is 0 Å². The van der Waals surface area contributed by atoms with Gasteiger partial charge in [0.25, 0.3) is 0 Å². The number of hydrogen-bond acceptors (Lipinski definition) is 2. The van der Waals surface area contributed by atoms with Crippen LogP contribution in [0.15, 0.2) is 182 Å². The Morgan fingerprint density at radius 2 is 0.765 bits per heavy atom. The maximum atomic E-state index is 5.64. The Labute approximate surface area is 296 Å². The number of fused-ring (bicyclic) bond motifs is 14. The predicted molar refractivity (Wildman–Crippen MR) is 209 cm³/mol. The summed E-state index contributed by atoms with van der Waals surface area (Å²) in [6.07, 6.45) is 0.856. The number of aromatic nitrogens is 2. The highest BCUT2D eigenvalue weighted by Gasteiger charge is 2.63. The van der Waals surface area contributed by atoms with Gasteiger partial charge in [0.15, 0.2) is 0 Å². The molecule has 0 radical (unpaired) electrons. The molecule has 2 aliphatic rings. The van der Waals surface area contributed by atoms with E-state index in [4.69, 9.17) is 9.97 Å². The molecule has 2 heteroatoms. The third-order valence-corrected chi connectivity index (χ3v) is 11.7. The van der Waals surface area contributed by atoms with Crippen LogP contribution in [0.4, 0.5) is 0 Å². The third kappa shape index (κ3) is 3.82. The second-order valence-corrected chi connectivity index (χ2v) is 14.1. The molecular weight excluding hydrogens is 617 g/mol. The van der Waals surface area contributed by atoms with Crippen molar-refractivity contribution in [2.75, 3.05) is 0 Å². The molecule has 9 aromatic rings. The topological polar surface area (TPSA) is 25.8 Å². The SMILES string of the molecule is c1ccc(-c2cc(-c3ccc4c5ccccc5c5ccccc5c4c3)nc(C34CC(c5ccccc5)(c5ccccc53)c3ccccc34)n2)cc1. The maximum absolute atomic E-state index is 5.64. The monoisotopic (exact) mass is 648 g/mol. The Bertz CT molecular complexity index is 2750. The third-order valence-electron chi connectivity index (χ3n) is 11.7. The molecule has 2 aliphatic carbocycles. The van der Waals surface area contributed by atoms with E-state index < -0.39 is 5.41 Å². The molecule has 0 aliphatic heterocycles. The van der Waals surface area contributed by atoms with Gasteiger partial charge in [-0.2, -0.15) is 0 Å². The summed E-state index contributed by atoms with van der Waals surface area (Å²) in [6, 6.07) is 66.3. The van der Waals surface area contributed by atoms with Crippen LogP contribution in [-0.2, 0) is 10.8 Å². The molecule has 8 aromatic carbocycles. The molecule has 51 heavy (non-hydrogen) atoms. The van der Waals surface area contributed by atoms with E-state index in [0.29, 0.717) is 0 Å². The van der Waals surface area contributed by atoms with E-state index in [1.54, 1.807) is 0 Å². The maximum Gasteiger partial charge on any atom is 0.144 e. The van der Waals surface area contributed by atoms with E-state index in [-0.39, 0.29) is 5.41 Å². The summed E-state index contributed by atoms with van der Waals surface area (Å²) in [5.74, 6) is 0.859. The van der Waals surface area contributed by atoms with E-state index >= 15 is 0 Å². The standard InChI is InChI=1S/C49H32N2/c1-3-15-32(16-4-1)45-30-46(33-27-28-39-37-21-8-7-19-35(37)36-20-9-10-22-38(36)40(39)29-33)51-47(50-45)49-31-48(34-17-5-2-6-18-34,41-23-11-13-25-43(41)49)42-24-12-14-26-44(42)49/h1-30H,31H2. The van der Waals surface area contributed by atoms with E-state index in [9.17, 15) is 0 Å². The minimum atomic E-state index is -0.512. The van der Waals surface area contributed by atoms with Crippen LogP contribution in [0.2, 0.25) is 0 Å². The van der Waals surface area contributed by atoms with Crippen molar-refractivity contribution in [2.24, 2.45) is 0 Å². The Hall–Kier alpha value is -6.38. The lowest BCUT2D eigenvalue weighted by molar-refractivity contribution is 0.539. The molecule has 2 nitrogen and oxygen atoms in total. The van der Waals surface area contributed by atoms with Gasteiger partial charge < -0.3 is 0 Å². The minimum absolute atomic E-state index is 0.288.